The summed E-state index contributed by atoms with van der Waals surface area (Å²) in [6.07, 6.45) is 0.00780. The highest BCUT2D eigenvalue weighted by molar-refractivity contribution is 9.10. The Kier molecular flexibility index (Phi) is 6.94. The van der Waals surface area contributed by atoms with Crippen molar-refractivity contribution in [2.75, 3.05) is 18.5 Å². The number of hydrogen-bond acceptors (Lipinski definition) is 4. The molecule has 25 heavy (non-hydrogen) atoms. The van der Waals surface area contributed by atoms with Crippen LogP contribution in [0.15, 0.2) is 46.9 Å². The predicted molar refractivity (Wildman–Crippen MR) is 95.0 cm³/mol. The van der Waals surface area contributed by atoms with Crippen molar-refractivity contribution >= 4 is 33.5 Å². The van der Waals surface area contributed by atoms with E-state index in [1.54, 1.807) is 12.1 Å². The van der Waals surface area contributed by atoms with Crippen LogP contribution < -0.4 is 10.1 Å². The van der Waals surface area contributed by atoms with Crippen molar-refractivity contribution in [1.29, 1.82) is 0 Å². The van der Waals surface area contributed by atoms with Gasteiger partial charge in [-0.25, -0.2) is 4.39 Å². The molecule has 1 N–H and O–H groups in total. The van der Waals surface area contributed by atoms with E-state index >= 15 is 0 Å². The Morgan fingerprint density at radius 3 is 2.72 bits per heavy atom. The summed E-state index contributed by atoms with van der Waals surface area (Å²) >= 11 is 3.12. The second-order valence-electron chi connectivity index (χ2n) is 5.25. The minimum absolute atomic E-state index is 0.00780. The van der Waals surface area contributed by atoms with Gasteiger partial charge in [0.2, 0.25) is 0 Å². The lowest BCUT2D eigenvalue weighted by Gasteiger charge is -2.09. The summed E-state index contributed by atoms with van der Waals surface area (Å²) in [4.78, 5) is 23.3. The highest BCUT2D eigenvalue weighted by Crippen LogP contribution is 2.19. The summed E-state index contributed by atoms with van der Waals surface area (Å²) in [5.41, 5.74) is 1.07. The van der Waals surface area contributed by atoms with Crippen LogP contribution in [0.25, 0.3) is 0 Å². The van der Waals surface area contributed by atoms with Crippen LogP contribution in [0.1, 0.15) is 12.0 Å². The van der Waals surface area contributed by atoms with Crippen molar-refractivity contribution in [3.05, 3.63) is 58.3 Å². The number of carbonyl (C=O) groups is 2. The Bertz CT molecular complexity index is 766. The average molecular weight is 410 g/mol. The Labute approximate surface area is 153 Å². The molecule has 2 aromatic rings. The standard InChI is InChI=1S/C18H17BrFNO4/c1-12-3-2-4-14(9-12)24-8-7-18(23)25-11-17(22)21-16-6-5-13(19)10-15(16)20/h2-6,9-10H,7-8,11H2,1H3,(H,21,22). The van der Waals surface area contributed by atoms with Gasteiger partial charge >= 0.3 is 5.97 Å². The predicted octanol–water partition coefficient (Wildman–Crippen LogP) is 3.85. The van der Waals surface area contributed by atoms with E-state index in [0.717, 1.165) is 5.56 Å². The molecule has 0 bridgehead atoms. The van der Waals surface area contributed by atoms with E-state index in [0.29, 0.717) is 10.2 Å². The number of aryl methyl sites for hydroxylation is 1. The van der Waals surface area contributed by atoms with Crippen LogP contribution >= 0.6 is 15.9 Å². The highest BCUT2D eigenvalue weighted by Gasteiger charge is 2.11. The summed E-state index contributed by atoms with van der Waals surface area (Å²) < 4.78 is 24.4. The lowest BCUT2D eigenvalue weighted by molar-refractivity contribution is -0.147. The first-order valence-electron chi connectivity index (χ1n) is 7.54. The number of benzene rings is 2. The maximum atomic E-state index is 13.6. The SMILES string of the molecule is Cc1cccc(OCCC(=O)OCC(=O)Nc2ccc(Br)cc2F)c1. The van der Waals surface area contributed by atoms with Crippen LogP contribution in [-0.2, 0) is 14.3 Å². The molecule has 0 fully saturated rings. The monoisotopic (exact) mass is 409 g/mol. The molecule has 0 radical (unpaired) electrons. The Balaban J connectivity index is 1.69. The molecule has 0 aliphatic carbocycles. The smallest absolute Gasteiger partial charge is 0.309 e. The number of nitrogens with one attached hydrogen (secondary N) is 1. The summed E-state index contributed by atoms with van der Waals surface area (Å²) in [6, 6.07) is 11.7. The van der Waals surface area contributed by atoms with Gasteiger partial charge in [0.05, 0.1) is 18.7 Å². The first kappa shape index (κ1) is 18.9. The van der Waals surface area contributed by atoms with Gasteiger partial charge in [-0.05, 0) is 42.8 Å². The Morgan fingerprint density at radius 2 is 2.00 bits per heavy atom. The number of halogens is 2. The third-order valence-electron chi connectivity index (χ3n) is 3.13. The first-order valence-corrected chi connectivity index (χ1v) is 8.33. The molecule has 0 saturated heterocycles. The van der Waals surface area contributed by atoms with Crippen molar-refractivity contribution < 1.29 is 23.5 Å². The number of esters is 1. The van der Waals surface area contributed by atoms with Gasteiger partial charge in [0.15, 0.2) is 6.61 Å². The van der Waals surface area contributed by atoms with Crippen molar-refractivity contribution in [2.45, 2.75) is 13.3 Å². The Hall–Kier alpha value is -2.41. The fourth-order valence-electron chi connectivity index (χ4n) is 1.95. The van der Waals surface area contributed by atoms with E-state index in [9.17, 15) is 14.0 Å². The minimum atomic E-state index is -0.617. The Morgan fingerprint density at radius 1 is 1.20 bits per heavy atom. The zero-order chi connectivity index (χ0) is 18.2. The van der Waals surface area contributed by atoms with Gasteiger partial charge in [0, 0.05) is 4.47 Å². The molecule has 0 aliphatic heterocycles. The molecule has 0 unspecified atom stereocenters. The third-order valence-corrected chi connectivity index (χ3v) is 3.63. The van der Waals surface area contributed by atoms with Crippen LogP contribution in [0.3, 0.4) is 0 Å². The van der Waals surface area contributed by atoms with Gasteiger partial charge in [-0.2, -0.15) is 0 Å². The molecule has 0 aliphatic rings. The van der Waals surface area contributed by atoms with Gasteiger partial charge in [-0.3, -0.25) is 9.59 Å². The molecule has 0 saturated carbocycles. The molecule has 0 spiro atoms. The summed E-state index contributed by atoms with van der Waals surface area (Å²) in [5, 5.41) is 2.34. The largest absolute Gasteiger partial charge is 0.493 e. The molecule has 1 amide bonds. The summed E-state index contributed by atoms with van der Waals surface area (Å²) in [5.74, 6) is -1.11. The van der Waals surface area contributed by atoms with Gasteiger partial charge in [0.1, 0.15) is 11.6 Å². The molecular weight excluding hydrogens is 393 g/mol. The van der Waals surface area contributed by atoms with Crippen LogP contribution in [0.5, 0.6) is 5.75 Å². The van der Waals surface area contributed by atoms with Crippen LogP contribution in [0.4, 0.5) is 10.1 Å². The normalized spacial score (nSPS) is 10.2. The quantitative estimate of drug-likeness (QED) is 0.705. The number of rotatable bonds is 7. The molecule has 7 heteroatoms. The van der Waals surface area contributed by atoms with E-state index in [1.807, 2.05) is 25.1 Å². The molecule has 132 valence electrons. The van der Waals surface area contributed by atoms with Crippen LogP contribution in [0.2, 0.25) is 0 Å². The van der Waals surface area contributed by atoms with E-state index in [2.05, 4.69) is 21.2 Å². The zero-order valence-electron chi connectivity index (χ0n) is 13.6. The van der Waals surface area contributed by atoms with Crippen LogP contribution in [-0.4, -0.2) is 25.1 Å². The van der Waals surface area contributed by atoms with Crippen molar-refractivity contribution in [3.8, 4) is 5.75 Å². The molecule has 0 atom stereocenters. The number of hydrogen-bond donors (Lipinski definition) is 1. The van der Waals surface area contributed by atoms with E-state index in [1.165, 1.54) is 12.1 Å². The second-order valence-corrected chi connectivity index (χ2v) is 6.16. The van der Waals surface area contributed by atoms with Gasteiger partial charge in [-0.15, -0.1) is 0 Å². The zero-order valence-corrected chi connectivity index (χ0v) is 15.1. The first-order chi connectivity index (χ1) is 11.9. The van der Waals surface area contributed by atoms with E-state index < -0.39 is 24.3 Å². The molecule has 0 aromatic heterocycles. The molecule has 5 nitrogen and oxygen atoms in total. The van der Waals surface area contributed by atoms with Gasteiger partial charge in [0.25, 0.3) is 5.91 Å². The number of carbonyl (C=O) groups excluding carboxylic acids is 2. The fourth-order valence-corrected chi connectivity index (χ4v) is 2.29. The topological polar surface area (TPSA) is 64.6 Å². The minimum Gasteiger partial charge on any atom is -0.493 e. The van der Waals surface area contributed by atoms with E-state index in [-0.39, 0.29) is 18.7 Å². The number of amides is 1. The van der Waals surface area contributed by atoms with E-state index in [4.69, 9.17) is 9.47 Å². The number of anilines is 1. The van der Waals surface area contributed by atoms with Gasteiger partial charge < -0.3 is 14.8 Å². The maximum absolute atomic E-state index is 13.6. The number of ether oxygens (including phenoxy) is 2. The van der Waals surface area contributed by atoms with Gasteiger partial charge in [-0.1, -0.05) is 28.1 Å². The maximum Gasteiger partial charge on any atom is 0.309 e. The second kappa shape index (κ2) is 9.17. The van der Waals surface area contributed by atoms with Crippen LogP contribution in [0, 0.1) is 12.7 Å². The molecular formula is C18H17BrFNO4. The fraction of sp³-hybridized carbons (Fsp3) is 0.222. The average Bonchev–Trinajstić information content (AvgIpc) is 2.56. The van der Waals surface area contributed by atoms with Crippen molar-refractivity contribution in [3.63, 3.8) is 0 Å². The van der Waals surface area contributed by atoms with Crippen molar-refractivity contribution in [2.24, 2.45) is 0 Å². The summed E-state index contributed by atoms with van der Waals surface area (Å²) in [6.45, 7) is 1.60. The molecule has 2 rings (SSSR count). The molecule has 2 aromatic carbocycles. The lowest BCUT2D eigenvalue weighted by Crippen LogP contribution is -2.22. The lowest BCUT2D eigenvalue weighted by atomic mass is 10.2. The highest BCUT2D eigenvalue weighted by atomic mass is 79.9. The summed E-state index contributed by atoms with van der Waals surface area (Å²) in [7, 11) is 0. The third kappa shape index (κ3) is 6.54. The molecule has 0 heterocycles. The van der Waals surface area contributed by atoms with Crippen molar-refractivity contribution in [1.82, 2.24) is 0 Å².